The van der Waals surface area contributed by atoms with Gasteiger partial charge in [0.1, 0.15) is 11.5 Å². The molecule has 3 rings (SSSR count). The number of hydrogen-bond donors (Lipinski definition) is 2. The molecule has 0 unspecified atom stereocenters. The molecule has 1 heterocycles. The summed E-state index contributed by atoms with van der Waals surface area (Å²) in [6.45, 7) is 4.03. The van der Waals surface area contributed by atoms with E-state index in [4.69, 9.17) is 4.74 Å². The number of aliphatic hydroxyl groups is 1. The molecule has 1 aliphatic carbocycles. The van der Waals surface area contributed by atoms with Crippen LogP contribution in [0.15, 0.2) is 18.2 Å². The van der Waals surface area contributed by atoms with Gasteiger partial charge in [0, 0.05) is 56.5 Å². The highest BCUT2D eigenvalue weighted by molar-refractivity contribution is 5.39. The number of methoxy groups -OCH3 is 1. The largest absolute Gasteiger partial charge is 0.507 e. The fourth-order valence-electron chi connectivity index (χ4n) is 4.25. The normalized spacial score (nSPS) is 23.7. The van der Waals surface area contributed by atoms with E-state index in [1.807, 2.05) is 12.1 Å². The SMILES string of the molecule is COc1ccc(CN2CCN(C3CCCC3)[C@@H](CCO)C2)c(O)c1. The van der Waals surface area contributed by atoms with Crippen LogP contribution in [0.5, 0.6) is 11.5 Å². The number of phenols is 1. The second kappa shape index (κ2) is 8.19. The molecule has 1 saturated carbocycles. The molecule has 0 aromatic heterocycles. The van der Waals surface area contributed by atoms with Crippen molar-refractivity contribution < 1.29 is 14.9 Å². The molecule has 0 bridgehead atoms. The van der Waals surface area contributed by atoms with Crippen LogP contribution in [-0.4, -0.2) is 65.4 Å². The molecule has 2 N–H and O–H groups in total. The Morgan fingerprint density at radius 2 is 2.00 bits per heavy atom. The molecular formula is C19H30N2O3. The van der Waals surface area contributed by atoms with E-state index in [1.165, 1.54) is 25.7 Å². The van der Waals surface area contributed by atoms with Crippen LogP contribution in [0.25, 0.3) is 0 Å². The lowest BCUT2D eigenvalue weighted by molar-refractivity contribution is 0.0265. The Kier molecular flexibility index (Phi) is 5.98. The maximum atomic E-state index is 10.2. The summed E-state index contributed by atoms with van der Waals surface area (Å²) in [5.41, 5.74) is 0.938. The average molecular weight is 334 g/mol. The van der Waals surface area contributed by atoms with Crippen molar-refractivity contribution in [2.45, 2.75) is 50.7 Å². The van der Waals surface area contributed by atoms with Crippen molar-refractivity contribution in [1.29, 1.82) is 0 Å². The fourth-order valence-corrected chi connectivity index (χ4v) is 4.25. The molecule has 24 heavy (non-hydrogen) atoms. The van der Waals surface area contributed by atoms with Crippen LogP contribution in [0.4, 0.5) is 0 Å². The van der Waals surface area contributed by atoms with Crippen molar-refractivity contribution in [3.8, 4) is 11.5 Å². The van der Waals surface area contributed by atoms with Crippen molar-refractivity contribution in [2.75, 3.05) is 33.4 Å². The van der Waals surface area contributed by atoms with Crippen molar-refractivity contribution in [1.82, 2.24) is 9.80 Å². The highest BCUT2D eigenvalue weighted by Crippen LogP contribution is 2.29. The van der Waals surface area contributed by atoms with E-state index in [0.717, 1.165) is 38.2 Å². The topological polar surface area (TPSA) is 56.2 Å². The van der Waals surface area contributed by atoms with Crippen molar-refractivity contribution in [3.63, 3.8) is 0 Å². The number of piperazine rings is 1. The van der Waals surface area contributed by atoms with Crippen LogP contribution in [0.1, 0.15) is 37.7 Å². The molecule has 0 amide bonds. The molecule has 2 fully saturated rings. The van der Waals surface area contributed by atoms with Crippen LogP contribution < -0.4 is 4.74 Å². The molecule has 5 heteroatoms. The second-order valence-corrected chi connectivity index (χ2v) is 7.07. The molecule has 1 aromatic carbocycles. The van der Waals surface area contributed by atoms with Gasteiger partial charge in [0.15, 0.2) is 0 Å². The molecule has 0 radical (unpaired) electrons. The molecule has 0 spiro atoms. The van der Waals surface area contributed by atoms with Gasteiger partial charge in [0.05, 0.1) is 7.11 Å². The quantitative estimate of drug-likeness (QED) is 0.835. The number of nitrogens with zero attached hydrogens (tertiary/aromatic N) is 2. The van der Waals surface area contributed by atoms with Crippen molar-refractivity contribution in [2.24, 2.45) is 0 Å². The summed E-state index contributed by atoms with van der Waals surface area (Å²) in [4.78, 5) is 5.03. The zero-order valence-electron chi connectivity index (χ0n) is 14.7. The summed E-state index contributed by atoms with van der Waals surface area (Å²) in [7, 11) is 1.61. The number of phenolic OH excluding ortho intramolecular Hbond substituents is 1. The van der Waals surface area contributed by atoms with Gasteiger partial charge in [-0.15, -0.1) is 0 Å². The third-order valence-corrected chi connectivity index (χ3v) is 5.55. The van der Waals surface area contributed by atoms with Crippen LogP contribution >= 0.6 is 0 Å². The number of benzene rings is 1. The van der Waals surface area contributed by atoms with Crippen LogP contribution in [0.2, 0.25) is 0 Å². The molecule has 134 valence electrons. The molecule has 1 aliphatic heterocycles. The van der Waals surface area contributed by atoms with Gasteiger partial charge in [0.25, 0.3) is 0 Å². The Balaban J connectivity index is 1.63. The standard InChI is InChI=1S/C19H30N2O3/c1-24-18-7-6-15(19(23)12-18)13-20-9-10-21(16-4-2-3-5-16)17(14-20)8-11-22/h6-7,12,16-17,22-23H,2-5,8-11,13-14H2,1H3/t17-/m0/s1. The summed E-state index contributed by atoms with van der Waals surface area (Å²) in [5, 5.41) is 19.6. The summed E-state index contributed by atoms with van der Waals surface area (Å²) in [5.74, 6) is 0.978. The summed E-state index contributed by atoms with van der Waals surface area (Å²) in [6, 6.07) is 6.65. The highest BCUT2D eigenvalue weighted by Gasteiger charge is 2.33. The van der Waals surface area contributed by atoms with Crippen LogP contribution in [0, 0.1) is 0 Å². The first kappa shape index (κ1) is 17.5. The highest BCUT2D eigenvalue weighted by atomic mass is 16.5. The van der Waals surface area contributed by atoms with Gasteiger partial charge in [-0.2, -0.15) is 0 Å². The fraction of sp³-hybridized carbons (Fsp3) is 0.684. The first-order chi connectivity index (χ1) is 11.7. The van der Waals surface area contributed by atoms with E-state index in [0.29, 0.717) is 23.6 Å². The van der Waals surface area contributed by atoms with E-state index in [1.54, 1.807) is 13.2 Å². The van der Waals surface area contributed by atoms with Gasteiger partial charge in [-0.25, -0.2) is 0 Å². The van der Waals surface area contributed by atoms with E-state index in [9.17, 15) is 10.2 Å². The number of hydrogen-bond acceptors (Lipinski definition) is 5. The van der Waals surface area contributed by atoms with E-state index < -0.39 is 0 Å². The Hall–Kier alpha value is -1.30. The maximum Gasteiger partial charge on any atom is 0.123 e. The van der Waals surface area contributed by atoms with Gasteiger partial charge >= 0.3 is 0 Å². The minimum absolute atomic E-state index is 0.246. The first-order valence-electron chi connectivity index (χ1n) is 9.16. The predicted octanol–water partition coefficient (Wildman–Crippen LogP) is 2.21. The second-order valence-electron chi connectivity index (χ2n) is 7.07. The predicted molar refractivity (Wildman–Crippen MR) is 94.4 cm³/mol. The van der Waals surface area contributed by atoms with Crippen molar-refractivity contribution >= 4 is 0 Å². The van der Waals surface area contributed by atoms with Gasteiger partial charge in [-0.05, 0) is 25.3 Å². The van der Waals surface area contributed by atoms with Gasteiger partial charge < -0.3 is 14.9 Å². The Morgan fingerprint density at radius 3 is 2.67 bits per heavy atom. The van der Waals surface area contributed by atoms with E-state index in [-0.39, 0.29) is 6.61 Å². The summed E-state index contributed by atoms with van der Waals surface area (Å²) < 4.78 is 5.15. The number of aliphatic hydroxyl groups excluding tert-OH is 1. The molecule has 1 aromatic rings. The Bertz CT molecular complexity index is 531. The van der Waals surface area contributed by atoms with E-state index >= 15 is 0 Å². The molecule has 5 nitrogen and oxygen atoms in total. The summed E-state index contributed by atoms with van der Waals surface area (Å²) in [6.07, 6.45) is 6.14. The lowest BCUT2D eigenvalue weighted by Crippen LogP contribution is -2.56. The minimum Gasteiger partial charge on any atom is -0.507 e. The Morgan fingerprint density at radius 1 is 1.21 bits per heavy atom. The third kappa shape index (κ3) is 4.02. The Labute approximate surface area is 144 Å². The number of ether oxygens (including phenoxy) is 1. The van der Waals surface area contributed by atoms with Crippen LogP contribution in [-0.2, 0) is 6.54 Å². The van der Waals surface area contributed by atoms with Gasteiger partial charge in [0.2, 0.25) is 0 Å². The minimum atomic E-state index is 0.246. The van der Waals surface area contributed by atoms with E-state index in [2.05, 4.69) is 9.80 Å². The zero-order chi connectivity index (χ0) is 16.9. The van der Waals surface area contributed by atoms with Gasteiger partial charge in [-0.3, -0.25) is 9.80 Å². The lowest BCUT2D eigenvalue weighted by Gasteiger charge is -2.44. The van der Waals surface area contributed by atoms with Crippen LogP contribution in [0.3, 0.4) is 0 Å². The first-order valence-corrected chi connectivity index (χ1v) is 9.16. The van der Waals surface area contributed by atoms with Crippen molar-refractivity contribution in [3.05, 3.63) is 23.8 Å². The summed E-state index contributed by atoms with van der Waals surface area (Å²) >= 11 is 0. The molecular weight excluding hydrogens is 304 g/mol. The molecule has 1 saturated heterocycles. The number of rotatable bonds is 6. The average Bonchev–Trinajstić information content (AvgIpc) is 3.11. The maximum absolute atomic E-state index is 10.2. The van der Waals surface area contributed by atoms with Gasteiger partial charge in [-0.1, -0.05) is 18.9 Å². The molecule has 2 aliphatic rings. The lowest BCUT2D eigenvalue weighted by atomic mass is 10.0. The molecule has 1 atom stereocenters. The smallest absolute Gasteiger partial charge is 0.123 e. The zero-order valence-corrected chi connectivity index (χ0v) is 14.7. The third-order valence-electron chi connectivity index (χ3n) is 5.55. The number of aromatic hydroxyl groups is 1. The monoisotopic (exact) mass is 334 g/mol.